The van der Waals surface area contributed by atoms with Crippen molar-refractivity contribution in [3.8, 4) is 0 Å². The molecule has 0 bridgehead atoms. The van der Waals surface area contributed by atoms with Crippen LogP contribution in [-0.2, 0) is 14.3 Å². The number of hydrogen-bond donors (Lipinski definition) is 0. The van der Waals surface area contributed by atoms with Crippen molar-refractivity contribution in [1.29, 1.82) is 0 Å². The molecular weight excluding hydrogens is 396 g/mol. The number of carbonyl (C=O) groups is 2. The van der Waals surface area contributed by atoms with Crippen molar-refractivity contribution in [3.63, 3.8) is 0 Å². The average molecular weight is 445 g/mol. The van der Waals surface area contributed by atoms with Gasteiger partial charge in [0.25, 0.3) is 0 Å². The highest BCUT2D eigenvalue weighted by Crippen LogP contribution is 2.68. The fourth-order valence-corrected chi connectivity index (χ4v) is 9.42. The SMILES string of the molecule is CC(=O)O[C@@H]1C[C@@H]2CC[C@@H]3[C@@H]4CC[C@H]([C@H](C)CCCC(C)C)[C@]4(C)CC[C@@H]3[C@]2(C)CC1=O. The zero-order valence-corrected chi connectivity index (χ0v) is 21.6. The molecule has 0 spiro atoms. The molecule has 4 saturated carbocycles. The van der Waals surface area contributed by atoms with Crippen molar-refractivity contribution in [2.75, 3.05) is 0 Å². The number of rotatable bonds is 6. The van der Waals surface area contributed by atoms with Crippen LogP contribution in [0.1, 0.15) is 112 Å². The molecule has 0 N–H and O–H groups in total. The van der Waals surface area contributed by atoms with Crippen LogP contribution in [0.4, 0.5) is 0 Å². The lowest BCUT2D eigenvalue weighted by Crippen LogP contribution is -2.56. The maximum absolute atomic E-state index is 13.0. The van der Waals surface area contributed by atoms with Crippen LogP contribution in [0.15, 0.2) is 0 Å². The van der Waals surface area contributed by atoms with Gasteiger partial charge in [0, 0.05) is 13.3 Å². The highest BCUT2D eigenvalue weighted by molar-refractivity contribution is 5.86. The molecule has 4 aliphatic rings. The molecule has 182 valence electrons. The third kappa shape index (κ3) is 4.20. The second kappa shape index (κ2) is 9.06. The molecule has 32 heavy (non-hydrogen) atoms. The fourth-order valence-electron chi connectivity index (χ4n) is 9.42. The van der Waals surface area contributed by atoms with Crippen LogP contribution in [0.2, 0.25) is 0 Å². The molecule has 0 aromatic heterocycles. The zero-order chi connectivity index (χ0) is 23.3. The number of ether oxygens (including phenoxy) is 1. The summed E-state index contributed by atoms with van der Waals surface area (Å²) in [7, 11) is 0. The van der Waals surface area contributed by atoms with Gasteiger partial charge >= 0.3 is 5.97 Å². The summed E-state index contributed by atoms with van der Waals surface area (Å²) in [6, 6.07) is 0. The second-order valence-corrected chi connectivity index (χ2v) is 13.2. The van der Waals surface area contributed by atoms with E-state index in [1.54, 1.807) is 0 Å². The average Bonchev–Trinajstić information content (AvgIpc) is 3.05. The van der Waals surface area contributed by atoms with Gasteiger partial charge < -0.3 is 4.74 Å². The molecule has 0 radical (unpaired) electrons. The molecule has 3 nitrogen and oxygen atoms in total. The van der Waals surface area contributed by atoms with Gasteiger partial charge in [-0.2, -0.15) is 0 Å². The molecule has 0 aromatic rings. The topological polar surface area (TPSA) is 43.4 Å². The van der Waals surface area contributed by atoms with Crippen LogP contribution in [0, 0.1) is 52.3 Å². The Morgan fingerprint density at radius 1 is 1.00 bits per heavy atom. The van der Waals surface area contributed by atoms with Gasteiger partial charge in [-0.1, -0.05) is 53.9 Å². The van der Waals surface area contributed by atoms with E-state index in [1.807, 2.05) is 0 Å². The maximum atomic E-state index is 13.0. The maximum Gasteiger partial charge on any atom is 0.303 e. The Bertz CT molecular complexity index is 713. The smallest absolute Gasteiger partial charge is 0.303 e. The van der Waals surface area contributed by atoms with Crippen molar-refractivity contribution < 1.29 is 14.3 Å². The number of carbonyl (C=O) groups excluding carboxylic acids is 2. The summed E-state index contributed by atoms with van der Waals surface area (Å²) in [6.07, 6.45) is 13.0. The van der Waals surface area contributed by atoms with Crippen LogP contribution in [0.5, 0.6) is 0 Å². The van der Waals surface area contributed by atoms with E-state index < -0.39 is 6.10 Å². The van der Waals surface area contributed by atoms with Crippen molar-refractivity contribution in [3.05, 3.63) is 0 Å². The van der Waals surface area contributed by atoms with Gasteiger partial charge in [0.15, 0.2) is 11.9 Å². The number of hydrogen-bond acceptors (Lipinski definition) is 3. The molecule has 0 saturated heterocycles. The fraction of sp³-hybridized carbons (Fsp3) is 0.931. The summed E-state index contributed by atoms with van der Waals surface area (Å²) in [5.74, 6) is 5.25. The Labute approximate surface area is 196 Å². The minimum Gasteiger partial charge on any atom is -0.455 e. The highest BCUT2D eigenvalue weighted by atomic mass is 16.5. The van der Waals surface area contributed by atoms with E-state index in [9.17, 15) is 9.59 Å². The molecule has 4 aliphatic carbocycles. The van der Waals surface area contributed by atoms with E-state index in [0.717, 1.165) is 36.0 Å². The number of ketones is 1. The first kappa shape index (κ1) is 24.3. The van der Waals surface area contributed by atoms with Crippen LogP contribution >= 0.6 is 0 Å². The van der Waals surface area contributed by atoms with Gasteiger partial charge in [0.2, 0.25) is 0 Å². The largest absolute Gasteiger partial charge is 0.455 e. The lowest BCUT2D eigenvalue weighted by Gasteiger charge is -2.61. The summed E-state index contributed by atoms with van der Waals surface area (Å²) in [6.45, 7) is 13.7. The second-order valence-electron chi connectivity index (χ2n) is 13.2. The van der Waals surface area contributed by atoms with E-state index in [4.69, 9.17) is 4.74 Å². The van der Waals surface area contributed by atoms with E-state index in [0.29, 0.717) is 23.7 Å². The molecule has 0 heterocycles. The van der Waals surface area contributed by atoms with Crippen LogP contribution in [0.25, 0.3) is 0 Å². The zero-order valence-electron chi connectivity index (χ0n) is 21.6. The predicted molar refractivity (Wildman–Crippen MR) is 129 cm³/mol. The quantitative estimate of drug-likeness (QED) is 0.406. The first-order valence-corrected chi connectivity index (χ1v) is 13.8. The van der Waals surface area contributed by atoms with Crippen LogP contribution in [0.3, 0.4) is 0 Å². The molecule has 0 aromatic carbocycles. The molecule has 0 unspecified atom stereocenters. The number of esters is 1. The normalized spacial score (nSPS) is 44.5. The van der Waals surface area contributed by atoms with Crippen LogP contribution in [-0.4, -0.2) is 17.9 Å². The Balaban J connectivity index is 1.46. The minimum absolute atomic E-state index is 0.110. The third-order valence-electron chi connectivity index (χ3n) is 11.0. The molecule has 9 atom stereocenters. The Morgan fingerprint density at radius 3 is 2.41 bits per heavy atom. The summed E-state index contributed by atoms with van der Waals surface area (Å²) < 4.78 is 5.42. The summed E-state index contributed by atoms with van der Waals surface area (Å²) in [5.41, 5.74) is 0.611. The summed E-state index contributed by atoms with van der Waals surface area (Å²) >= 11 is 0. The van der Waals surface area contributed by atoms with Gasteiger partial charge in [0.1, 0.15) is 0 Å². The monoisotopic (exact) mass is 444 g/mol. The predicted octanol–water partition coefficient (Wildman–Crippen LogP) is 7.22. The molecule has 4 rings (SSSR count). The Hall–Kier alpha value is -0.860. The highest BCUT2D eigenvalue weighted by Gasteiger charge is 2.61. The van der Waals surface area contributed by atoms with Crippen molar-refractivity contribution in [1.82, 2.24) is 0 Å². The van der Waals surface area contributed by atoms with Gasteiger partial charge in [-0.15, -0.1) is 0 Å². The molecule has 0 amide bonds. The summed E-state index contributed by atoms with van der Waals surface area (Å²) in [4.78, 5) is 24.5. The van der Waals surface area contributed by atoms with Crippen molar-refractivity contribution in [2.45, 2.75) is 118 Å². The van der Waals surface area contributed by atoms with Crippen LogP contribution < -0.4 is 0 Å². The Kier molecular flexibility index (Phi) is 6.87. The lowest BCUT2D eigenvalue weighted by atomic mass is 9.44. The van der Waals surface area contributed by atoms with Crippen molar-refractivity contribution >= 4 is 11.8 Å². The van der Waals surface area contributed by atoms with E-state index in [-0.39, 0.29) is 17.2 Å². The number of fused-ring (bicyclic) bond motifs is 5. The van der Waals surface area contributed by atoms with Gasteiger partial charge in [-0.3, -0.25) is 9.59 Å². The van der Waals surface area contributed by atoms with E-state index >= 15 is 0 Å². The van der Waals surface area contributed by atoms with E-state index in [1.165, 1.54) is 64.7 Å². The first-order chi connectivity index (χ1) is 15.1. The molecule has 3 heteroatoms. The van der Waals surface area contributed by atoms with Gasteiger partial charge in [-0.05, 0) is 97.2 Å². The number of Topliss-reactive ketones (excluding diaryl/α,β-unsaturated/α-hetero) is 1. The Morgan fingerprint density at radius 2 is 1.72 bits per heavy atom. The van der Waals surface area contributed by atoms with Crippen molar-refractivity contribution in [2.24, 2.45) is 52.3 Å². The molecule has 0 aliphatic heterocycles. The van der Waals surface area contributed by atoms with E-state index in [2.05, 4.69) is 34.6 Å². The molecule has 4 fully saturated rings. The lowest BCUT2D eigenvalue weighted by molar-refractivity contribution is -0.170. The standard InChI is InChI=1S/C29H48O3/c1-18(2)8-7-9-19(3)23-12-13-24-22-11-10-21-16-27(32-20(4)30)26(31)17-29(21,6)25(22)14-15-28(23,24)5/h18-19,21-25,27H,7-17H2,1-6H3/t19-,21+,22-,23-,24+,25+,27-,28+,29-/m1/s1. The minimum atomic E-state index is -0.487. The van der Waals surface area contributed by atoms with Gasteiger partial charge in [-0.25, -0.2) is 0 Å². The molecular formula is C29H48O3. The third-order valence-corrected chi connectivity index (χ3v) is 11.0. The summed E-state index contributed by atoms with van der Waals surface area (Å²) in [5, 5.41) is 0. The first-order valence-electron chi connectivity index (χ1n) is 13.8. The van der Waals surface area contributed by atoms with Gasteiger partial charge in [0.05, 0.1) is 0 Å².